The topological polar surface area (TPSA) is 195 Å². The highest BCUT2D eigenvalue weighted by Gasteiger charge is 2.38. The van der Waals surface area contributed by atoms with Gasteiger partial charge in [0.15, 0.2) is 0 Å². The number of benzene rings is 1. The predicted molar refractivity (Wildman–Crippen MR) is 132 cm³/mol. The molecule has 2 aromatic rings. The van der Waals surface area contributed by atoms with Crippen LogP contribution < -0.4 is 16.4 Å². The number of nitrogens with zero attached hydrogens (tertiary/aromatic N) is 1. The molecule has 1 fully saturated rings. The average molecular weight is 520 g/mol. The van der Waals surface area contributed by atoms with Crippen LogP contribution in [0.2, 0.25) is 0 Å². The molecule has 4 unspecified atom stereocenters. The molecule has 1 saturated heterocycles. The number of rotatable bonds is 11. The van der Waals surface area contributed by atoms with Crippen LogP contribution in [0.3, 0.4) is 0 Å². The number of aromatic nitrogens is 1. The zero-order chi connectivity index (χ0) is 26.4. The summed E-state index contributed by atoms with van der Waals surface area (Å²) >= 11 is 3.97. The first-order valence-electron chi connectivity index (χ1n) is 11.4. The van der Waals surface area contributed by atoms with Crippen molar-refractivity contribution >= 4 is 53.2 Å². The van der Waals surface area contributed by atoms with Gasteiger partial charge >= 0.3 is 11.9 Å². The number of likely N-dealkylation sites (tertiary alicyclic amines) is 1. The number of H-pyrrole nitrogens is 1. The van der Waals surface area contributed by atoms with Gasteiger partial charge in [0.25, 0.3) is 0 Å². The Balaban J connectivity index is 1.81. The van der Waals surface area contributed by atoms with Gasteiger partial charge in [-0.1, -0.05) is 18.2 Å². The maximum atomic E-state index is 13.2. The van der Waals surface area contributed by atoms with Crippen LogP contribution in [0.5, 0.6) is 0 Å². The molecule has 3 amide bonds. The Hall–Kier alpha value is -3.58. The summed E-state index contributed by atoms with van der Waals surface area (Å²) in [6.45, 7) is 0.226. The fourth-order valence-corrected chi connectivity index (χ4v) is 4.49. The van der Waals surface area contributed by atoms with Gasteiger partial charge in [0, 0.05) is 35.8 Å². The van der Waals surface area contributed by atoms with Gasteiger partial charge < -0.3 is 36.5 Å². The first-order chi connectivity index (χ1) is 17.1. The molecule has 0 radical (unpaired) electrons. The number of hydrogen-bond donors (Lipinski definition) is 7. The van der Waals surface area contributed by atoms with Gasteiger partial charge in [0.2, 0.25) is 17.7 Å². The number of hydrogen-bond acceptors (Lipinski definition) is 7. The summed E-state index contributed by atoms with van der Waals surface area (Å²) in [6.07, 6.45) is 2.01. The fourth-order valence-electron chi connectivity index (χ4n) is 4.25. The normalized spacial score (nSPS) is 17.8. The maximum absolute atomic E-state index is 13.2. The molecule has 0 aliphatic carbocycles. The van der Waals surface area contributed by atoms with Crippen LogP contribution in [0, 0.1) is 0 Å². The summed E-state index contributed by atoms with van der Waals surface area (Å²) in [5.74, 6) is -4.64. The third kappa shape index (κ3) is 6.34. The van der Waals surface area contributed by atoms with E-state index in [4.69, 9.17) is 10.8 Å². The van der Waals surface area contributed by atoms with Crippen LogP contribution in [0.1, 0.15) is 24.8 Å². The molecule has 1 aliphatic heterocycles. The van der Waals surface area contributed by atoms with Crippen LogP contribution in [-0.4, -0.2) is 86.2 Å². The summed E-state index contributed by atoms with van der Waals surface area (Å²) in [5, 5.41) is 24.1. The number of aromatic amines is 1. The van der Waals surface area contributed by atoms with E-state index in [1.54, 1.807) is 6.20 Å². The Morgan fingerprint density at radius 1 is 1.14 bits per heavy atom. The first-order valence-corrected chi connectivity index (χ1v) is 12.0. The van der Waals surface area contributed by atoms with Crippen LogP contribution in [-0.2, 0) is 30.4 Å². The predicted octanol–water partition coefficient (Wildman–Crippen LogP) is -0.513. The zero-order valence-corrected chi connectivity index (χ0v) is 20.2. The van der Waals surface area contributed by atoms with E-state index in [0.29, 0.717) is 12.8 Å². The number of carboxylic acids is 2. The molecular formula is C23H29N5O7S. The number of nitrogens with one attached hydrogen (secondary N) is 3. The number of thiol groups is 1. The molecule has 4 atom stereocenters. The number of carbonyl (C=O) groups is 5. The smallest absolute Gasteiger partial charge is 0.327 e. The summed E-state index contributed by atoms with van der Waals surface area (Å²) < 4.78 is 0. The molecule has 0 bridgehead atoms. The van der Waals surface area contributed by atoms with Crippen molar-refractivity contribution in [3.05, 3.63) is 36.0 Å². The van der Waals surface area contributed by atoms with Crippen molar-refractivity contribution in [2.24, 2.45) is 5.73 Å². The Morgan fingerprint density at radius 3 is 2.53 bits per heavy atom. The second-order valence-corrected chi connectivity index (χ2v) is 8.97. The van der Waals surface area contributed by atoms with Crippen LogP contribution in [0.4, 0.5) is 0 Å². The van der Waals surface area contributed by atoms with Gasteiger partial charge in [-0.3, -0.25) is 19.2 Å². The number of para-hydroxylation sites is 1. The molecule has 194 valence electrons. The molecule has 3 rings (SSSR count). The van der Waals surface area contributed by atoms with Crippen molar-refractivity contribution in [1.29, 1.82) is 0 Å². The first kappa shape index (κ1) is 27.0. The molecule has 13 heteroatoms. The average Bonchev–Trinajstić information content (AvgIpc) is 3.48. The largest absolute Gasteiger partial charge is 0.481 e. The van der Waals surface area contributed by atoms with Gasteiger partial charge in [-0.25, -0.2) is 4.79 Å². The maximum Gasteiger partial charge on any atom is 0.327 e. The molecule has 12 nitrogen and oxygen atoms in total. The number of fused-ring (bicyclic) bond motifs is 1. The molecule has 7 N–H and O–H groups in total. The summed E-state index contributed by atoms with van der Waals surface area (Å²) in [5.41, 5.74) is 7.28. The minimum absolute atomic E-state index is 0.0552. The molecule has 0 spiro atoms. The standard InChI is InChI=1S/C23H29N5O7S/c24-14(9-19(29)30)22(33)28-7-3-6-18(28)21(32)26-16(20(31)27-17(11-36)23(34)35)8-12-10-25-15-5-2-1-4-13(12)15/h1-2,4-5,10,14,16-18,25,36H,3,6-9,11,24H2,(H,26,32)(H,27,31)(H,29,30)(H,34,35). The molecule has 0 saturated carbocycles. The molecule has 1 aromatic heterocycles. The van der Waals surface area contributed by atoms with Gasteiger partial charge in [-0.15, -0.1) is 0 Å². The van der Waals surface area contributed by atoms with Crippen molar-refractivity contribution < 1.29 is 34.2 Å². The molecule has 1 aromatic carbocycles. The van der Waals surface area contributed by atoms with Crippen molar-refractivity contribution in [2.45, 2.75) is 49.9 Å². The van der Waals surface area contributed by atoms with Crippen LogP contribution >= 0.6 is 12.6 Å². The Bertz CT molecular complexity index is 1150. The highest BCUT2D eigenvalue weighted by molar-refractivity contribution is 7.80. The van der Waals surface area contributed by atoms with Crippen molar-refractivity contribution in [1.82, 2.24) is 20.5 Å². The van der Waals surface area contributed by atoms with E-state index in [9.17, 15) is 29.1 Å². The molecule has 2 heterocycles. The monoisotopic (exact) mass is 519 g/mol. The van der Waals surface area contributed by atoms with E-state index >= 15 is 0 Å². The molecule has 1 aliphatic rings. The van der Waals surface area contributed by atoms with Crippen molar-refractivity contribution in [2.75, 3.05) is 12.3 Å². The number of nitrogens with two attached hydrogens (primary N) is 1. The Morgan fingerprint density at radius 2 is 1.86 bits per heavy atom. The van der Waals surface area contributed by atoms with Gasteiger partial charge in [-0.2, -0.15) is 12.6 Å². The highest BCUT2D eigenvalue weighted by Crippen LogP contribution is 2.21. The summed E-state index contributed by atoms with van der Waals surface area (Å²) in [4.78, 5) is 65.7. The lowest BCUT2D eigenvalue weighted by Gasteiger charge is -2.28. The van der Waals surface area contributed by atoms with Crippen molar-refractivity contribution in [3.63, 3.8) is 0 Å². The Labute approximate surface area is 212 Å². The van der Waals surface area contributed by atoms with Crippen molar-refractivity contribution in [3.8, 4) is 0 Å². The lowest BCUT2D eigenvalue weighted by molar-refractivity contribution is -0.144. The minimum Gasteiger partial charge on any atom is -0.481 e. The highest BCUT2D eigenvalue weighted by atomic mass is 32.1. The SMILES string of the molecule is NC(CC(=O)O)C(=O)N1CCCC1C(=O)NC(Cc1c[nH]c2ccccc12)C(=O)NC(CS)C(=O)O. The Kier molecular flexibility index (Phi) is 8.93. The zero-order valence-electron chi connectivity index (χ0n) is 19.3. The number of amides is 3. The third-order valence-corrected chi connectivity index (χ3v) is 6.44. The summed E-state index contributed by atoms with van der Waals surface area (Å²) in [6, 6.07) is 2.74. The molecular weight excluding hydrogens is 490 g/mol. The number of aliphatic carboxylic acids is 2. The van der Waals surface area contributed by atoms with E-state index < -0.39 is 60.2 Å². The third-order valence-electron chi connectivity index (χ3n) is 6.08. The minimum atomic E-state index is -1.30. The van der Waals surface area contributed by atoms with E-state index in [1.807, 2.05) is 24.3 Å². The van der Waals surface area contributed by atoms with E-state index in [2.05, 4.69) is 28.2 Å². The van der Waals surface area contributed by atoms with E-state index in [1.165, 1.54) is 4.90 Å². The van der Waals surface area contributed by atoms with Gasteiger partial charge in [0.1, 0.15) is 18.1 Å². The number of carbonyl (C=O) groups excluding carboxylic acids is 3. The van der Waals surface area contributed by atoms with E-state index in [-0.39, 0.29) is 18.7 Å². The van der Waals surface area contributed by atoms with E-state index in [0.717, 1.165) is 16.5 Å². The van der Waals surface area contributed by atoms with Crippen LogP contribution in [0.25, 0.3) is 10.9 Å². The number of carboxylic acid groups (broad SMARTS) is 2. The second kappa shape index (κ2) is 11.9. The quantitative estimate of drug-likeness (QED) is 0.193. The fraction of sp³-hybridized carbons (Fsp3) is 0.435. The lowest BCUT2D eigenvalue weighted by Crippen LogP contribution is -2.57. The summed E-state index contributed by atoms with van der Waals surface area (Å²) in [7, 11) is 0. The van der Waals surface area contributed by atoms with Crippen LogP contribution in [0.15, 0.2) is 30.5 Å². The molecule has 36 heavy (non-hydrogen) atoms. The van der Waals surface area contributed by atoms with Gasteiger partial charge in [0.05, 0.1) is 12.5 Å². The lowest BCUT2D eigenvalue weighted by atomic mass is 10.0. The van der Waals surface area contributed by atoms with Gasteiger partial charge in [-0.05, 0) is 24.5 Å². The second-order valence-electron chi connectivity index (χ2n) is 8.60.